The van der Waals surface area contributed by atoms with Crippen LogP contribution in [0.2, 0.25) is 0 Å². The first-order valence-corrected chi connectivity index (χ1v) is 7.07. The monoisotopic (exact) mass is 288 g/mol. The summed E-state index contributed by atoms with van der Waals surface area (Å²) >= 11 is 0. The number of carbonyl (C=O) groups excluding carboxylic acids is 1. The number of nitrogens with zero attached hydrogens (tertiary/aromatic N) is 1. The van der Waals surface area contributed by atoms with E-state index >= 15 is 0 Å². The number of fused-ring (bicyclic) bond motifs is 1. The number of halogens is 1. The molecule has 2 aromatic rings. The summed E-state index contributed by atoms with van der Waals surface area (Å²) in [6.07, 6.45) is 3.20. The maximum Gasteiger partial charge on any atom is 0.164 e. The highest BCUT2D eigenvalue weighted by Crippen LogP contribution is 2.17. The molecule has 0 unspecified atom stereocenters. The van der Waals surface area contributed by atoms with E-state index in [0.717, 1.165) is 30.6 Å². The largest absolute Gasteiger partial charge is 1.00 e. The number of likely N-dealkylation sites (tertiary alicyclic amines) is 1. The molecule has 0 aromatic heterocycles. The van der Waals surface area contributed by atoms with Crippen LogP contribution in [0.1, 0.15) is 29.6 Å². The van der Waals surface area contributed by atoms with Crippen LogP contribution in [0, 0.1) is 0 Å². The fourth-order valence-electron chi connectivity index (χ4n) is 2.77. The Morgan fingerprint density at radius 2 is 1.70 bits per heavy atom. The van der Waals surface area contributed by atoms with Crippen molar-refractivity contribution in [3.8, 4) is 0 Å². The topological polar surface area (TPSA) is 20.3 Å². The van der Waals surface area contributed by atoms with Crippen molar-refractivity contribution in [3.05, 3.63) is 48.0 Å². The predicted octanol–water partition coefficient (Wildman–Crippen LogP) is 0.512. The minimum atomic E-state index is 0. The molecule has 0 radical (unpaired) electrons. The molecule has 1 aliphatic rings. The molecule has 2 nitrogen and oxygen atoms in total. The van der Waals surface area contributed by atoms with E-state index in [4.69, 9.17) is 0 Å². The van der Waals surface area contributed by atoms with Gasteiger partial charge in [-0.05, 0) is 42.8 Å². The van der Waals surface area contributed by atoms with Gasteiger partial charge in [-0.1, -0.05) is 36.4 Å². The SMILES string of the molecule is O=C(CCN1CCCC1)c1ccc2ccccc2c1.[Cl-]. The van der Waals surface area contributed by atoms with Crippen molar-refractivity contribution in [2.75, 3.05) is 19.6 Å². The smallest absolute Gasteiger partial charge is 0.164 e. The van der Waals surface area contributed by atoms with E-state index in [-0.39, 0.29) is 18.2 Å². The van der Waals surface area contributed by atoms with E-state index < -0.39 is 0 Å². The highest BCUT2D eigenvalue weighted by Gasteiger charge is 2.13. The molecule has 1 fully saturated rings. The van der Waals surface area contributed by atoms with Crippen LogP contribution < -0.4 is 12.4 Å². The molecular weight excluding hydrogens is 270 g/mol. The van der Waals surface area contributed by atoms with Crippen LogP contribution in [0.5, 0.6) is 0 Å². The third kappa shape index (κ3) is 3.38. The molecule has 0 bridgehead atoms. The Kier molecular flexibility index (Phi) is 5.16. The lowest BCUT2D eigenvalue weighted by atomic mass is 10.0. The van der Waals surface area contributed by atoms with Crippen LogP contribution in [-0.2, 0) is 0 Å². The number of hydrogen-bond acceptors (Lipinski definition) is 2. The number of carbonyl (C=O) groups is 1. The maximum atomic E-state index is 12.2. The Bertz CT molecular complexity index is 590. The number of Topliss-reactive ketones (excluding diaryl/α,β-unsaturated/α-hetero) is 1. The molecule has 1 aliphatic heterocycles. The molecule has 3 heteroatoms. The standard InChI is InChI=1S/C17H19NO.ClH/c19-17(9-12-18-10-3-4-11-18)16-8-7-14-5-1-2-6-15(14)13-16;/h1-2,5-8,13H,3-4,9-12H2;1H/p-1. The van der Waals surface area contributed by atoms with Gasteiger partial charge < -0.3 is 17.3 Å². The maximum absolute atomic E-state index is 12.2. The molecule has 106 valence electrons. The van der Waals surface area contributed by atoms with Gasteiger partial charge in [-0.25, -0.2) is 0 Å². The molecular formula is C17H19ClNO-. The van der Waals surface area contributed by atoms with Crippen molar-refractivity contribution >= 4 is 16.6 Å². The van der Waals surface area contributed by atoms with Gasteiger partial charge in [0.05, 0.1) is 0 Å². The Balaban J connectivity index is 0.00000147. The fraction of sp³-hybridized carbons (Fsp3) is 0.353. The summed E-state index contributed by atoms with van der Waals surface area (Å²) in [5, 5.41) is 2.34. The van der Waals surface area contributed by atoms with Crippen molar-refractivity contribution in [1.82, 2.24) is 4.90 Å². The zero-order valence-electron chi connectivity index (χ0n) is 11.5. The number of rotatable bonds is 4. The molecule has 1 saturated heterocycles. The third-order valence-corrected chi connectivity index (χ3v) is 3.93. The quantitative estimate of drug-likeness (QED) is 0.764. The molecule has 0 atom stereocenters. The minimum Gasteiger partial charge on any atom is -1.00 e. The number of ketones is 1. The number of benzene rings is 2. The average Bonchev–Trinajstić information content (AvgIpc) is 2.97. The number of hydrogen-bond donors (Lipinski definition) is 0. The highest BCUT2D eigenvalue weighted by molar-refractivity contribution is 6.00. The molecule has 0 N–H and O–H groups in total. The minimum absolute atomic E-state index is 0. The van der Waals surface area contributed by atoms with Gasteiger partial charge in [0.1, 0.15) is 0 Å². The van der Waals surface area contributed by atoms with Gasteiger partial charge in [-0.3, -0.25) is 4.79 Å². The van der Waals surface area contributed by atoms with Crippen LogP contribution in [0.15, 0.2) is 42.5 Å². The van der Waals surface area contributed by atoms with Crippen molar-refractivity contribution in [1.29, 1.82) is 0 Å². The normalized spacial score (nSPS) is 15.2. The molecule has 2 aromatic carbocycles. The lowest BCUT2D eigenvalue weighted by Crippen LogP contribution is -3.00. The van der Waals surface area contributed by atoms with Crippen molar-refractivity contribution in [2.45, 2.75) is 19.3 Å². The van der Waals surface area contributed by atoms with Gasteiger partial charge in [0, 0.05) is 18.5 Å². The molecule has 1 heterocycles. The van der Waals surface area contributed by atoms with Gasteiger partial charge in [-0.2, -0.15) is 0 Å². The second kappa shape index (κ2) is 6.87. The molecule has 0 aliphatic carbocycles. The summed E-state index contributed by atoms with van der Waals surface area (Å²) in [7, 11) is 0. The van der Waals surface area contributed by atoms with Gasteiger partial charge in [0.2, 0.25) is 0 Å². The Labute approximate surface area is 126 Å². The molecule has 20 heavy (non-hydrogen) atoms. The summed E-state index contributed by atoms with van der Waals surface area (Å²) in [6, 6.07) is 14.2. The summed E-state index contributed by atoms with van der Waals surface area (Å²) < 4.78 is 0. The van der Waals surface area contributed by atoms with E-state index in [1.165, 1.54) is 18.2 Å². The summed E-state index contributed by atoms with van der Waals surface area (Å²) in [5.74, 6) is 0.262. The summed E-state index contributed by atoms with van der Waals surface area (Å²) in [6.45, 7) is 3.22. The molecule has 0 spiro atoms. The van der Waals surface area contributed by atoms with Gasteiger partial charge in [0.15, 0.2) is 5.78 Å². The lowest BCUT2D eigenvalue weighted by Gasteiger charge is -2.13. The highest BCUT2D eigenvalue weighted by atomic mass is 35.5. The van der Waals surface area contributed by atoms with Gasteiger partial charge in [-0.15, -0.1) is 0 Å². The lowest BCUT2D eigenvalue weighted by molar-refractivity contribution is -0.0000118. The molecule has 3 rings (SSSR count). The van der Waals surface area contributed by atoms with Crippen molar-refractivity contribution in [2.24, 2.45) is 0 Å². The van der Waals surface area contributed by atoms with Crippen molar-refractivity contribution in [3.63, 3.8) is 0 Å². The van der Waals surface area contributed by atoms with E-state index in [1.807, 2.05) is 30.3 Å². The van der Waals surface area contributed by atoms with Gasteiger partial charge >= 0.3 is 0 Å². The molecule has 0 amide bonds. The van der Waals surface area contributed by atoms with Crippen LogP contribution >= 0.6 is 0 Å². The fourth-order valence-corrected chi connectivity index (χ4v) is 2.77. The second-order valence-corrected chi connectivity index (χ2v) is 5.28. The van der Waals surface area contributed by atoms with E-state index in [2.05, 4.69) is 17.0 Å². The molecule has 0 saturated carbocycles. The first-order valence-electron chi connectivity index (χ1n) is 7.07. The van der Waals surface area contributed by atoms with Crippen LogP contribution in [0.3, 0.4) is 0 Å². The van der Waals surface area contributed by atoms with E-state index in [0.29, 0.717) is 6.42 Å². The van der Waals surface area contributed by atoms with Gasteiger partial charge in [0.25, 0.3) is 0 Å². The van der Waals surface area contributed by atoms with E-state index in [1.54, 1.807) is 0 Å². The van der Waals surface area contributed by atoms with Crippen LogP contribution in [0.25, 0.3) is 10.8 Å². The zero-order valence-corrected chi connectivity index (χ0v) is 12.3. The predicted molar refractivity (Wildman–Crippen MR) is 78.6 cm³/mol. The van der Waals surface area contributed by atoms with E-state index in [9.17, 15) is 4.79 Å². The zero-order chi connectivity index (χ0) is 13.1. The third-order valence-electron chi connectivity index (χ3n) is 3.93. The first kappa shape index (κ1) is 15.0. The summed E-state index contributed by atoms with van der Waals surface area (Å²) in [4.78, 5) is 14.6. The second-order valence-electron chi connectivity index (χ2n) is 5.28. The average molecular weight is 289 g/mol. The Morgan fingerprint density at radius 1 is 1.00 bits per heavy atom. The van der Waals surface area contributed by atoms with Crippen LogP contribution in [-0.4, -0.2) is 30.3 Å². The Hall–Kier alpha value is -1.38. The van der Waals surface area contributed by atoms with Crippen LogP contribution in [0.4, 0.5) is 0 Å². The summed E-state index contributed by atoms with van der Waals surface area (Å²) in [5.41, 5.74) is 0.845. The van der Waals surface area contributed by atoms with Crippen molar-refractivity contribution < 1.29 is 17.2 Å². The Morgan fingerprint density at radius 3 is 2.45 bits per heavy atom. The first-order chi connectivity index (χ1) is 9.33.